The third-order valence-electron chi connectivity index (χ3n) is 2.91. The van der Waals surface area contributed by atoms with E-state index in [4.69, 9.17) is 16.7 Å². The highest BCUT2D eigenvalue weighted by Crippen LogP contribution is 2.27. The fourth-order valence-corrected chi connectivity index (χ4v) is 2.03. The summed E-state index contributed by atoms with van der Waals surface area (Å²) in [7, 11) is 0. The highest BCUT2D eigenvalue weighted by Gasteiger charge is 2.35. The van der Waals surface area contributed by atoms with Gasteiger partial charge in [-0.3, -0.25) is 9.59 Å². The summed E-state index contributed by atoms with van der Waals surface area (Å²) in [6, 6.07) is 6.63. The molecule has 1 aliphatic rings. The number of carbonyl (C=O) groups is 2. The van der Waals surface area contributed by atoms with E-state index in [1.807, 2.05) is 0 Å². The second-order valence-electron chi connectivity index (χ2n) is 4.19. The zero-order valence-corrected chi connectivity index (χ0v) is 9.78. The molecule has 1 aromatic carbocycles. The number of nitrogens with one attached hydrogen (secondary N) is 1. The van der Waals surface area contributed by atoms with Crippen molar-refractivity contribution in [1.82, 2.24) is 5.32 Å². The normalized spacial score (nSPS) is 22.6. The molecule has 1 saturated carbocycles. The van der Waals surface area contributed by atoms with E-state index in [-0.39, 0.29) is 17.9 Å². The molecule has 1 amide bonds. The summed E-state index contributed by atoms with van der Waals surface area (Å²) in [5, 5.41) is 12.0. The number of halogens is 1. The molecule has 0 saturated heterocycles. The van der Waals surface area contributed by atoms with Crippen LogP contribution in [0.25, 0.3) is 0 Å². The van der Waals surface area contributed by atoms with Crippen LogP contribution in [0, 0.1) is 5.92 Å². The number of hydrogen-bond donors (Lipinski definition) is 2. The van der Waals surface area contributed by atoms with Crippen molar-refractivity contribution in [1.29, 1.82) is 0 Å². The van der Waals surface area contributed by atoms with Crippen molar-refractivity contribution in [3.05, 3.63) is 34.9 Å². The van der Waals surface area contributed by atoms with Crippen molar-refractivity contribution in [2.24, 2.45) is 5.92 Å². The number of benzene rings is 1. The summed E-state index contributed by atoms with van der Waals surface area (Å²) < 4.78 is 0. The van der Waals surface area contributed by atoms with Crippen LogP contribution in [-0.4, -0.2) is 23.0 Å². The average molecular weight is 254 g/mol. The molecule has 90 valence electrons. The largest absolute Gasteiger partial charge is 0.481 e. The first-order valence-electron chi connectivity index (χ1n) is 5.35. The van der Waals surface area contributed by atoms with Gasteiger partial charge in [-0.1, -0.05) is 17.7 Å². The maximum Gasteiger partial charge on any atom is 0.306 e. The lowest BCUT2D eigenvalue weighted by Gasteiger charge is -2.32. The van der Waals surface area contributed by atoms with E-state index in [0.29, 0.717) is 23.4 Å². The maximum absolute atomic E-state index is 11.8. The van der Waals surface area contributed by atoms with Crippen LogP contribution in [0.15, 0.2) is 24.3 Å². The van der Waals surface area contributed by atoms with E-state index in [1.165, 1.54) is 0 Å². The van der Waals surface area contributed by atoms with Crippen molar-refractivity contribution >= 4 is 23.5 Å². The Balaban J connectivity index is 1.89. The third kappa shape index (κ3) is 2.77. The molecule has 5 heteroatoms. The molecule has 0 spiro atoms. The minimum Gasteiger partial charge on any atom is -0.481 e. The molecule has 1 aromatic rings. The SMILES string of the molecule is O=C(NC1CC(C(=O)O)C1)c1cccc(Cl)c1. The predicted octanol–water partition coefficient (Wildman–Crippen LogP) is 1.93. The third-order valence-corrected chi connectivity index (χ3v) is 3.14. The Bertz CT molecular complexity index is 455. The van der Waals surface area contributed by atoms with Gasteiger partial charge in [-0.25, -0.2) is 0 Å². The van der Waals surface area contributed by atoms with Gasteiger partial charge in [0.1, 0.15) is 0 Å². The minimum absolute atomic E-state index is 0.0393. The van der Waals surface area contributed by atoms with Crippen LogP contribution in [-0.2, 0) is 4.79 Å². The topological polar surface area (TPSA) is 66.4 Å². The van der Waals surface area contributed by atoms with Gasteiger partial charge in [-0.2, -0.15) is 0 Å². The van der Waals surface area contributed by atoms with Crippen molar-refractivity contribution in [2.75, 3.05) is 0 Å². The van der Waals surface area contributed by atoms with Gasteiger partial charge in [-0.15, -0.1) is 0 Å². The molecule has 4 nitrogen and oxygen atoms in total. The Morgan fingerprint density at radius 2 is 2.06 bits per heavy atom. The molecular weight excluding hydrogens is 242 g/mol. The van der Waals surface area contributed by atoms with Crippen LogP contribution in [0.4, 0.5) is 0 Å². The zero-order chi connectivity index (χ0) is 12.4. The van der Waals surface area contributed by atoms with E-state index < -0.39 is 5.97 Å². The number of carboxylic acids is 1. The maximum atomic E-state index is 11.8. The van der Waals surface area contributed by atoms with Crippen molar-refractivity contribution in [3.8, 4) is 0 Å². The molecule has 1 aliphatic carbocycles. The summed E-state index contributed by atoms with van der Waals surface area (Å²) >= 11 is 5.78. The standard InChI is InChI=1S/C12H12ClNO3/c13-9-3-1-2-7(4-9)11(15)14-10-5-8(6-10)12(16)17/h1-4,8,10H,5-6H2,(H,14,15)(H,16,17). The second-order valence-corrected chi connectivity index (χ2v) is 4.62. The van der Waals surface area contributed by atoms with Gasteiger partial charge in [-0.05, 0) is 31.0 Å². The molecule has 2 N–H and O–H groups in total. The summed E-state index contributed by atoms with van der Waals surface area (Å²) in [5.41, 5.74) is 0.497. The Morgan fingerprint density at radius 1 is 1.35 bits per heavy atom. The van der Waals surface area contributed by atoms with E-state index in [2.05, 4.69) is 5.32 Å². The first-order chi connectivity index (χ1) is 8.06. The number of carboxylic acid groups (broad SMARTS) is 1. The molecule has 1 fully saturated rings. The van der Waals surface area contributed by atoms with Crippen LogP contribution in [0.1, 0.15) is 23.2 Å². The van der Waals surface area contributed by atoms with Crippen LogP contribution >= 0.6 is 11.6 Å². The number of carbonyl (C=O) groups excluding carboxylic acids is 1. The van der Waals surface area contributed by atoms with Gasteiger partial charge < -0.3 is 10.4 Å². The molecule has 0 bridgehead atoms. The Kier molecular flexibility index (Phi) is 3.33. The summed E-state index contributed by atoms with van der Waals surface area (Å²) in [5.74, 6) is -1.32. The molecule has 0 heterocycles. The van der Waals surface area contributed by atoms with Gasteiger partial charge in [0.15, 0.2) is 0 Å². The van der Waals surface area contributed by atoms with Gasteiger partial charge in [0.05, 0.1) is 5.92 Å². The van der Waals surface area contributed by atoms with Gasteiger partial charge in [0, 0.05) is 16.6 Å². The molecular formula is C12H12ClNO3. The lowest BCUT2D eigenvalue weighted by molar-refractivity contribution is -0.145. The molecule has 0 atom stereocenters. The van der Waals surface area contributed by atoms with Crippen LogP contribution < -0.4 is 5.32 Å². The first kappa shape index (κ1) is 11.9. The molecule has 17 heavy (non-hydrogen) atoms. The molecule has 0 unspecified atom stereocenters. The number of amides is 1. The first-order valence-corrected chi connectivity index (χ1v) is 5.73. The Morgan fingerprint density at radius 3 is 2.65 bits per heavy atom. The van der Waals surface area contributed by atoms with Crippen molar-refractivity contribution in [2.45, 2.75) is 18.9 Å². The smallest absolute Gasteiger partial charge is 0.306 e. The van der Waals surface area contributed by atoms with Gasteiger partial charge >= 0.3 is 5.97 Å². The minimum atomic E-state index is -0.793. The Labute approximate surface area is 104 Å². The van der Waals surface area contributed by atoms with Crippen molar-refractivity contribution < 1.29 is 14.7 Å². The summed E-state index contributed by atoms with van der Waals surface area (Å²) in [6.07, 6.45) is 1.00. The fraction of sp³-hybridized carbons (Fsp3) is 0.333. The quantitative estimate of drug-likeness (QED) is 0.865. The van der Waals surface area contributed by atoms with E-state index in [0.717, 1.165) is 0 Å². The molecule has 2 rings (SSSR count). The molecule has 0 aliphatic heterocycles. The fourth-order valence-electron chi connectivity index (χ4n) is 1.84. The van der Waals surface area contributed by atoms with E-state index in [9.17, 15) is 9.59 Å². The Hall–Kier alpha value is -1.55. The lowest BCUT2D eigenvalue weighted by atomic mass is 9.80. The van der Waals surface area contributed by atoms with E-state index >= 15 is 0 Å². The average Bonchev–Trinajstić information content (AvgIpc) is 2.21. The van der Waals surface area contributed by atoms with Crippen LogP contribution in [0.5, 0.6) is 0 Å². The molecule has 0 aromatic heterocycles. The lowest BCUT2D eigenvalue weighted by Crippen LogP contribution is -2.46. The van der Waals surface area contributed by atoms with Crippen LogP contribution in [0.2, 0.25) is 5.02 Å². The number of hydrogen-bond acceptors (Lipinski definition) is 2. The highest BCUT2D eigenvalue weighted by molar-refractivity contribution is 6.30. The predicted molar refractivity (Wildman–Crippen MR) is 63.1 cm³/mol. The second kappa shape index (κ2) is 4.75. The van der Waals surface area contributed by atoms with Crippen LogP contribution in [0.3, 0.4) is 0 Å². The molecule has 0 radical (unpaired) electrons. The van der Waals surface area contributed by atoms with Crippen molar-refractivity contribution in [3.63, 3.8) is 0 Å². The number of aliphatic carboxylic acids is 1. The monoisotopic (exact) mass is 253 g/mol. The summed E-state index contributed by atoms with van der Waals surface area (Å²) in [6.45, 7) is 0. The highest BCUT2D eigenvalue weighted by atomic mass is 35.5. The number of rotatable bonds is 3. The summed E-state index contributed by atoms with van der Waals surface area (Å²) in [4.78, 5) is 22.4. The zero-order valence-electron chi connectivity index (χ0n) is 9.02. The van der Waals surface area contributed by atoms with Gasteiger partial charge in [0.2, 0.25) is 0 Å². The van der Waals surface area contributed by atoms with E-state index in [1.54, 1.807) is 24.3 Å². The van der Waals surface area contributed by atoms with Gasteiger partial charge in [0.25, 0.3) is 5.91 Å².